The Hall–Kier alpha value is -1.48. The Morgan fingerprint density at radius 2 is 2.00 bits per heavy atom. The summed E-state index contributed by atoms with van der Waals surface area (Å²) in [5, 5.41) is 10.7. The molecule has 1 aromatic carbocycles. The number of fused-ring (bicyclic) bond motifs is 1. The number of nitrogens with two attached hydrogens (primary N) is 1. The molecule has 1 aliphatic carbocycles. The Morgan fingerprint density at radius 1 is 1.29 bits per heavy atom. The number of nitrogens with one attached hydrogen (secondary N) is 1. The summed E-state index contributed by atoms with van der Waals surface area (Å²) in [6.45, 7) is 2.07. The number of benzene rings is 1. The molecule has 0 amide bonds. The second kappa shape index (κ2) is 3.50. The SMILES string of the molecule is Cc1[nH]c2cc(O)ccc2c1C1(N)CCCC1. The van der Waals surface area contributed by atoms with E-state index < -0.39 is 0 Å². The molecule has 1 aromatic heterocycles. The number of rotatable bonds is 1. The zero-order valence-corrected chi connectivity index (χ0v) is 10.1. The Morgan fingerprint density at radius 3 is 2.71 bits per heavy atom. The van der Waals surface area contributed by atoms with Gasteiger partial charge >= 0.3 is 0 Å². The lowest BCUT2D eigenvalue weighted by atomic mass is 9.87. The molecule has 0 bridgehead atoms. The summed E-state index contributed by atoms with van der Waals surface area (Å²) in [4.78, 5) is 3.33. The first-order valence-corrected chi connectivity index (χ1v) is 6.21. The minimum atomic E-state index is -0.181. The minimum absolute atomic E-state index is 0.181. The first kappa shape index (κ1) is 10.7. The minimum Gasteiger partial charge on any atom is -0.508 e. The molecule has 0 spiro atoms. The molecule has 1 heterocycles. The van der Waals surface area contributed by atoms with Crippen LogP contribution in [0.1, 0.15) is 36.9 Å². The molecule has 3 heteroatoms. The van der Waals surface area contributed by atoms with Crippen LogP contribution in [0.4, 0.5) is 0 Å². The van der Waals surface area contributed by atoms with E-state index in [0.717, 1.165) is 29.4 Å². The maximum atomic E-state index is 9.51. The van der Waals surface area contributed by atoms with Crippen LogP contribution in [0.3, 0.4) is 0 Å². The van der Waals surface area contributed by atoms with Crippen molar-refractivity contribution in [3.8, 4) is 5.75 Å². The third kappa shape index (κ3) is 1.53. The normalized spacial score (nSPS) is 18.9. The number of phenols is 1. The summed E-state index contributed by atoms with van der Waals surface area (Å²) in [6, 6.07) is 5.47. The summed E-state index contributed by atoms with van der Waals surface area (Å²) in [5.41, 5.74) is 9.72. The van der Waals surface area contributed by atoms with Crippen molar-refractivity contribution in [2.24, 2.45) is 5.73 Å². The van der Waals surface area contributed by atoms with Crippen LogP contribution in [-0.2, 0) is 5.54 Å². The van der Waals surface area contributed by atoms with E-state index in [1.165, 1.54) is 18.4 Å². The van der Waals surface area contributed by atoms with Crippen molar-refractivity contribution < 1.29 is 5.11 Å². The summed E-state index contributed by atoms with van der Waals surface area (Å²) in [7, 11) is 0. The Bertz CT molecular complexity index is 565. The van der Waals surface area contributed by atoms with Gasteiger partial charge in [0, 0.05) is 33.8 Å². The van der Waals surface area contributed by atoms with Crippen LogP contribution in [0.15, 0.2) is 18.2 Å². The van der Waals surface area contributed by atoms with Gasteiger partial charge in [0.25, 0.3) is 0 Å². The lowest BCUT2D eigenvalue weighted by Crippen LogP contribution is -2.33. The number of aromatic amines is 1. The van der Waals surface area contributed by atoms with Gasteiger partial charge in [0.05, 0.1) is 0 Å². The lowest BCUT2D eigenvalue weighted by Gasteiger charge is -2.24. The molecule has 3 nitrogen and oxygen atoms in total. The van der Waals surface area contributed by atoms with Crippen LogP contribution in [-0.4, -0.2) is 10.1 Å². The first-order valence-electron chi connectivity index (χ1n) is 6.21. The number of aromatic hydroxyl groups is 1. The fourth-order valence-electron chi connectivity index (χ4n) is 3.22. The van der Waals surface area contributed by atoms with Crippen LogP contribution in [0.25, 0.3) is 10.9 Å². The molecule has 2 aromatic rings. The van der Waals surface area contributed by atoms with Crippen molar-refractivity contribution in [3.05, 3.63) is 29.5 Å². The monoisotopic (exact) mass is 230 g/mol. The van der Waals surface area contributed by atoms with Crippen molar-refractivity contribution in [2.45, 2.75) is 38.1 Å². The fourth-order valence-corrected chi connectivity index (χ4v) is 3.22. The van der Waals surface area contributed by atoms with Gasteiger partial charge in [-0.15, -0.1) is 0 Å². The van der Waals surface area contributed by atoms with Gasteiger partial charge < -0.3 is 15.8 Å². The highest BCUT2D eigenvalue weighted by atomic mass is 16.3. The van der Waals surface area contributed by atoms with Crippen molar-refractivity contribution in [3.63, 3.8) is 0 Å². The summed E-state index contributed by atoms with van der Waals surface area (Å²) >= 11 is 0. The standard InChI is InChI=1S/C14H18N2O/c1-9-13(14(15)6-2-3-7-14)11-5-4-10(17)8-12(11)16-9/h4-5,8,16-17H,2-3,6-7,15H2,1H3. The Balaban J connectivity index is 2.25. The van der Waals surface area contributed by atoms with E-state index in [0.29, 0.717) is 5.75 Å². The third-order valence-electron chi connectivity index (χ3n) is 3.96. The molecular weight excluding hydrogens is 212 g/mol. The van der Waals surface area contributed by atoms with E-state index in [2.05, 4.69) is 11.9 Å². The van der Waals surface area contributed by atoms with E-state index in [1.54, 1.807) is 12.1 Å². The van der Waals surface area contributed by atoms with Gasteiger partial charge in [0.2, 0.25) is 0 Å². The van der Waals surface area contributed by atoms with Crippen LogP contribution in [0.2, 0.25) is 0 Å². The second-order valence-corrected chi connectivity index (χ2v) is 5.22. The highest BCUT2D eigenvalue weighted by Crippen LogP contribution is 2.41. The topological polar surface area (TPSA) is 62.0 Å². The third-order valence-corrected chi connectivity index (χ3v) is 3.96. The van der Waals surface area contributed by atoms with E-state index in [-0.39, 0.29) is 5.54 Å². The number of aryl methyl sites for hydroxylation is 1. The number of H-pyrrole nitrogens is 1. The van der Waals surface area contributed by atoms with Crippen LogP contribution in [0, 0.1) is 6.92 Å². The zero-order valence-electron chi connectivity index (χ0n) is 10.1. The second-order valence-electron chi connectivity index (χ2n) is 5.22. The molecule has 90 valence electrons. The smallest absolute Gasteiger partial charge is 0.117 e. The average Bonchev–Trinajstić information content (AvgIpc) is 2.81. The van der Waals surface area contributed by atoms with Gasteiger partial charge in [0.15, 0.2) is 0 Å². The van der Waals surface area contributed by atoms with Gasteiger partial charge in [-0.3, -0.25) is 0 Å². The van der Waals surface area contributed by atoms with Crippen molar-refractivity contribution in [1.82, 2.24) is 4.98 Å². The fraction of sp³-hybridized carbons (Fsp3) is 0.429. The van der Waals surface area contributed by atoms with Crippen LogP contribution in [0.5, 0.6) is 5.75 Å². The molecular formula is C14H18N2O. The number of hydrogen-bond donors (Lipinski definition) is 3. The van der Waals surface area contributed by atoms with E-state index in [4.69, 9.17) is 5.73 Å². The number of phenolic OH excluding ortho intramolecular Hbond substituents is 1. The van der Waals surface area contributed by atoms with Crippen molar-refractivity contribution in [1.29, 1.82) is 0 Å². The molecule has 17 heavy (non-hydrogen) atoms. The maximum Gasteiger partial charge on any atom is 0.117 e. The van der Waals surface area contributed by atoms with Crippen LogP contribution < -0.4 is 5.73 Å². The average molecular weight is 230 g/mol. The maximum absolute atomic E-state index is 9.51. The van der Waals surface area contributed by atoms with Crippen LogP contribution >= 0.6 is 0 Å². The predicted molar refractivity (Wildman–Crippen MR) is 69.0 cm³/mol. The largest absolute Gasteiger partial charge is 0.508 e. The van der Waals surface area contributed by atoms with Gasteiger partial charge in [-0.1, -0.05) is 12.8 Å². The Kier molecular flexibility index (Phi) is 2.20. The molecule has 1 saturated carbocycles. The lowest BCUT2D eigenvalue weighted by molar-refractivity contribution is 0.463. The molecule has 0 unspecified atom stereocenters. The van der Waals surface area contributed by atoms with Gasteiger partial charge in [0.1, 0.15) is 5.75 Å². The molecule has 1 fully saturated rings. The van der Waals surface area contributed by atoms with E-state index in [1.807, 2.05) is 6.07 Å². The highest BCUT2D eigenvalue weighted by molar-refractivity contribution is 5.86. The molecule has 0 saturated heterocycles. The zero-order chi connectivity index (χ0) is 12.0. The number of aromatic nitrogens is 1. The van der Waals surface area contributed by atoms with Gasteiger partial charge in [-0.2, -0.15) is 0 Å². The quantitative estimate of drug-likeness (QED) is 0.705. The molecule has 1 aliphatic rings. The molecule has 0 aliphatic heterocycles. The molecule has 4 N–H and O–H groups in total. The van der Waals surface area contributed by atoms with E-state index >= 15 is 0 Å². The Labute approximate surface area is 101 Å². The molecule has 0 atom stereocenters. The summed E-state index contributed by atoms with van der Waals surface area (Å²) in [6.07, 6.45) is 4.53. The molecule has 3 rings (SSSR count). The van der Waals surface area contributed by atoms with E-state index in [9.17, 15) is 5.11 Å². The van der Waals surface area contributed by atoms with Crippen molar-refractivity contribution in [2.75, 3.05) is 0 Å². The number of hydrogen-bond acceptors (Lipinski definition) is 2. The predicted octanol–water partition coefficient (Wildman–Crippen LogP) is 2.91. The van der Waals surface area contributed by atoms with Gasteiger partial charge in [-0.25, -0.2) is 0 Å². The highest BCUT2D eigenvalue weighted by Gasteiger charge is 2.34. The first-order chi connectivity index (χ1) is 8.10. The van der Waals surface area contributed by atoms with Crippen molar-refractivity contribution >= 4 is 10.9 Å². The summed E-state index contributed by atoms with van der Waals surface area (Å²) in [5.74, 6) is 0.294. The summed E-state index contributed by atoms with van der Waals surface area (Å²) < 4.78 is 0. The van der Waals surface area contributed by atoms with Gasteiger partial charge in [-0.05, 0) is 31.9 Å². The molecule has 0 radical (unpaired) electrons.